The first kappa shape index (κ1) is 27.7. The molecule has 0 aliphatic carbocycles. The minimum absolute atomic E-state index is 0.0603. The number of hydrogen-bond acceptors (Lipinski definition) is 7. The Balaban J connectivity index is 5.19. The summed E-state index contributed by atoms with van der Waals surface area (Å²) in [4.78, 5) is 59.2. The molecule has 0 aliphatic heterocycles. The van der Waals surface area contributed by atoms with Crippen LogP contribution in [-0.4, -0.2) is 69.8 Å². The van der Waals surface area contributed by atoms with E-state index in [9.17, 15) is 24.0 Å². The van der Waals surface area contributed by atoms with Crippen molar-refractivity contribution >= 4 is 42.3 Å². The van der Waals surface area contributed by atoms with Crippen LogP contribution in [0.4, 0.5) is 0 Å². The van der Waals surface area contributed by atoms with Gasteiger partial charge in [-0.2, -0.15) is 12.6 Å². The predicted molar refractivity (Wildman–Crippen MR) is 112 cm³/mol. The van der Waals surface area contributed by atoms with Gasteiger partial charge in [0.1, 0.15) is 18.1 Å². The lowest BCUT2D eigenvalue weighted by atomic mass is 10.0. The van der Waals surface area contributed by atoms with Crippen LogP contribution < -0.4 is 21.7 Å². The topological polar surface area (TPSA) is 188 Å². The molecule has 172 valence electrons. The Hall–Kier alpha value is -2.34. The third-order valence-electron chi connectivity index (χ3n) is 4.12. The molecule has 0 heterocycles. The summed E-state index contributed by atoms with van der Waals surface area (Å²) in [6.07, 6.45) is -0.396. The monoisotopic (exact) mass is 448 g/mol. The highest BCUT2D eigenvalue weighted by Crippen LogP contribution is 2.06. The number of amides is 3. The second-order valence-electron chi connectivity index (χ2n) is 7.71. The summed E-state index contributed by atoms with van der Waals surface area (Å²) in [6.45, 7) is 7.03. The van der Waals surface area contributed by atoms with Crippen molar-refractivity contribution in [3.63, 3.8) is 0 Å². The molecule has 7 N–H and O–H groups in total. The van der Waals surface area contributed by atoms with Crippen molar-refractivity contribution in [2.75, 3.05) is 5.75 Å². The van der Waals surface area contributed by atoms with E-state index >= 15 is 0 Å². The molecule has 4 unspecified atom stereocenters. The van der Waals surface area contributed by atoms with Gasteiger partial charge in [-0.05, 0) is 18.3 Å². The highest BCUT2D eigenvalue weighted by molar-refractivity contribution is 7.80. The van der Waals surface area contributed by atoms with Crippen molar-refractivity contribution in [3.05, 3.63) is 0 Å². The summed E-state index contributed by atoms with van der Waals surface area (Å²) in [7, 11) is 0. The van der Waals surface area contributed by atoms with E-state index in [4.69, 9.17) is 15.9 Å². The molecule has 0 rings (SSSR count). The van der Waals surface area contributed by atoms with E-state index in [1.807, 2.05) is 13.8 Å². The van der Waals surface area contributed by atoms with Gasteiger partial charge in [-0.15, -0.1) is 0 Å². The van der Waals surface area contributed by atoms with Gasteiger partial charge in [0.25, 0.3) is 0 Å². The molecule has 0 saturated carbocycles. The number of carbonyl (C=O) groups is 5. The van der Waals surface area contributed by atoms with Gasteiger partial charge >= 0.3 is 11.9 Å². The molecule has 0 aromatic rings. The Morgan fingerprint density at radius 3 is 1.80 bits per heavy atom. The molecule has 11 nitrogen and oxygen atoms in total. The molecule has 30 heavy (non-hydrogen) atoms. The third-order valence-corrected chi connectivity index (χ3v) is 4.48. The summed E-state index contributed by atoms with van der Waals surface area (Å²) in [5.41, 5.74) is 5.81. The molecule has 3 amide bonds. The van der Waals surface area contributed by atoms with Crippen LogP contribution in [0.5, 0.6) is 0 Å². The van der Waals surface area contributed by atoms with E-state index in [2.05, 4.69) is 28.6 Å². The molecule has 0 aromatic carbocycles. The molecular weight excluding hydrogens is 416 g/mol. The molecule has 0 radical (unpaired) electrons. The van der Waals surface area contributed by atoms with E-state index < -0.39 is 66.2 Å². The third kappa shape index (κ3) is 9.92. The van der Waals surface area contributed by atoms with Gasteiger partial charge in [-0.1, -0.05) is 27.7 Å². The lowest BCUT2D eigenvalue weighted by molar-refractivity contribution is -0.147. The van der Waals surface area contributed by atoms with Crippen LogP contribution in [0.15, 0.2) is 0 Å². The average Bonchev–Trinajstić information content (AvgIpc) is 2.61. The number of nitrogens with one attached hydrogen (secondary N) is 3. The lowest BCUT2D eigenvalue weighted by Gasteiger charge is -2.26. The number of carbonyl (C=O) groups excluding carboxylic acids is 3. The Morgan fingerprint density at radius 1 is 0.867 bits per heavy atom. The zero-order valence-electron chi connectivity index (χ0n) is 17.5. The van der Waals surface area contributed by atoms with Gasteiger partial charge in [0.15, 0.2) is 0 Å². The smallest absolute Gasteiger partial charge is 0.326 e. The molecule has 0 aromatic heterocycles. The number of carboxylic acid groups (broad SMARTS) is 2. The first-order valence-corrected chi connectivity index (χ1v) is 10.1. The number of carboxylic acids is 2. The van der Waals surface area contributed by atoms with Crippen LogP contribution in [0.3, 0.4) is 0 Å². The fraction of sp³-hybridized carbons (Fsp3) is 0.722. The molecule has 0 spiro atoms. The van der Waals surface area contributed by atoms with Crippen molar-refractivity contribution in [3.8, 4) is 0 Å². The summed E-state index contributed by atoms with van der Waals surface area (Å²) >= 11 is 4.05. The van der Waals surface area contributed by atoms with Gasteiger partial charge in [-0.3, -0.25) is 19.2 Å². The molecule has 12 heteroatoms. The highest BCUT2D eigenvalue weighted by atomic mass is 32.1. The Kier molecular flexibility index (Phi) is 12.0. The van der Waals surface area contributed by atoms with Crippen LogP contribution in [-0.2, 0) is 24.0 Å². The summed E-state index contributed by atoms with van der Waals surface area (Å²) in [5.74, 6) is -5.33. The standard InChI is InChI=1S/C18H32N4O7S/c1-8(2)5-10(19)15(25)21-12(7-30)16(26)22-14(9(3)4)17(27)20-11(18(28)29)6-13(23)24/h8-12,14,30H,5-7,19H2,1-4H3,(H,20,27)(H,21,25)(H,22,26)(H,23,24)(H,28,29). The second-order valence-corrected chi connectivity index (χ2v) is 8.07. The molecule has 0 aliphatic rings. The SMILES string of the molecule is CC(C)CC(N)C(=O)NC(CS)C(=O)NC(C(=O)NC(CC(=O)O)C(=O)O)C(C)C. The number of hydrogen-bond donors (Lipinski definition) is 7. The van der Waals surface area contributed by atoms with Crippen LogP contribution in [0, 0.1) is 11.8 Å². The van der Waals surface area contributed by atoms with Crippen LogP contribution in [0.1, 0.15) is 40.5 Å². The molecular formula is C18H32N4O7S. The maximum Gasteiger partial charge on any atom is 0.326 e. The fourth-order valence-electron chi connectivity index (χ4n) is 2.51. The zero-order chi connectivity index (χ0) is 23.6. The zero-order valence-corrected chi connectivity index (χ0v) is 18.4. The van der Waals surface area contributed by atoms with Gasteiger partial charge < -0.3 is 31.9 Å². The van der Waals surface area contributed by atoms with Crippen molar-refractivity contribution in [1.29, 1.82) is 0 Å². The summed E-state index contributed by atoms with van der Waals surface area (Å²) in [5, 5.41) is 24.9. The highest BCUT2D eigenvalue weighted by Gasteiger charge is 2.32. The second kappa shape index (κ2) is 13.1. The minimum Gasteiger partial charge on any atom is -0.481 e. The first-order chi connectivity index (χ1) is 13.8. The minimum atomic E-state index is -1.65. The van der Waals surface area contributed by atoms with Crippen molar-refractivity contribution < 1.29 is 34.2 Å². The van der Waals surface area contributed by atoms with Crippen molar-refractivity contribution in [1.82, 2.24) is 16.0 Å². The molecule has 0 saturated heterocycles. The van der Waals surface area contributed by atoms with Crippen LogP contribution in [0.25, 0.3) is 0 Å². The number of thiol groups is 1. The molecule has 0 fully saturated rings. The summed E-state index contributed by atoms with van der Waals surface area (Å²) < 4.78 is 0. The molecule has 0 bridgehead atoms. The van der Waals surface area contributed by atoms with Gasteiger partial charge in [-0.25, -0.2) is 4.79 Å². The maximum atomic E-state index is 12.6. The van der Waals surface area contributed by atoms with Crippen molar-refractivity contribution in [2.24, 2.45) is 17.6 Å². The Labute approximate surface area is 180 Å². The first-order valence-electron chi connectivity index (χ1n) is 9.52. The largest absolute Gasteiger partial charge is 0.481 e. The number of aliphatic carboxylic acids is 2. The Bertz CT molecular complexity index is 642. The summed E-state index contributed by atoms with van der Waals surface area (Å²) in [6, 6.07) is -4.68. The molecule has 4 atom stereocenters. The quantitative estimate of drug-likeness (QED) is 0.174. The van der Waals surface area contributed by atoms with E-state index in [1.165, 1.54) is 0 Å². The van der Waals surface area contributed by atoms with Gasteiger partial charge in [0.05, 0.1) is 12.5 Å². The van der Waals surface area contributed by atoms with Crippen LogP contribution in [0.2, 0.25) is 0 Å². The van der Waals surface area contributed by atoms with E-state index in [-0.39, 0.29) is 11.7 Å². The van der Waals surface area contributed by atoms with E-state index in [0.29, 0.717) is 6.42 Å². The van der Waals surface area contributed by atoms with E-state index in [0.717, 1.165) is 0 Å². The fourth-order valence-corrected chi connectivity index (χ4v) is 2.77. The Morgan fingerprint density at radius 2 is 1.40 bits per heavy atom. The van der Waals surface area contributed by atoms with Crippen LogP contribution >= 0.6 is 12.6 Å². The predicted octanol–water partition coefficient (Wildman–Crippen LogP) is -1.04. The van der Waals surface area contributed by atoms with Gasteiger partial charge in [0, 0.05) is 5.75 Å². The van der Waals surface area contributed by atoms with Crippen molar-refractivity contribution in [2.45, 2.75) is 64.7 Å². The number of nitrogens with two attached hydrogens (primary N) is 1. The van der Waals surface area contributed by atoms with Gasteiger partial charge in [0.2, 0.25) is 17.7 Å². The van der Waals surface area contributed by atoms with E-state index in [1.54, 1.807) is 13.8 Å². The normalized spacial score (nSPS) is 15.1. The maximum absolute atomic E-state index is 12.6. The number of rotatable bonds is 13. The lowest BCUT2D eigenvalue weighted by Crippen LogP contribution is -2.59. The average molecular weight is 449 g/mol.